The molecule has 0 saturated heterocycles. The summed E-state index contributed by atoms with van der Waals surface area (Å²) in [6.07, 6.45) is 0.878. The van der Waals surface area contributed by atoms with Crippen LogP contribution in [0.3, 0.4) is 0 Å². The summed E-state index contributed by atoms with van der Waals surface area (Å²) in [6.45, 7) is 5.63. The minimum absolute atomic E-state index is 0.0724. The topological polar surface area (TPSA) is 86.7 Å². The Morgan fingerprint density at radius 3 is 1.30 bits per heavy atom. The van der Waals surface area contributed by atoms with Crippen molar-refractivity contribution in [1.29, 1.82) is 0 Å². The molecule has 166 valence electrons. The molecule has 2 aromatic carbocycles. The maximum atomic E-state index is 12.7. The number of benzene rings is 2. The third-order valence-corrected chi connectivity index (χ3v) is 7.58. The highest BCUT2D eigenvalue weighted by Gasteiger charge is 2.34. The van der Waals surface area contributed by atoms with Crippen LogP contribution in [0.5, 0.6) is 0 Å². The lowest BCUT2D eigenvalue weighted by Crippen LogP contribution is -2.36. The van der Waals surface area contributed by atoms with Gasteiger partial charge in [-0.3, -0.25) is 8.37 Å². The molecule has 0 aliphatic rings. The van der Waals surface area contributed by atoms with Crippen molar-refractivity contribution in [2.75, 3.05) is 0 Å². The van der Waals surface area contributed by atoms with E-state index < -0.39 is 38.4 Å². The van der Waals surface area contributed by atoms with Crippen molar-refractivity contribution in [3.8, 4) is 0 Å². The van der Waals surface area contributed by atoms with Gasteiger partial charge in [0.2, 0.25) is 0 Å². The van der Waals surface area contributed by atoms with Gasteiger partial charge in [0.15, 0.2) is 0 Å². The van der Waals surface area contributed by atoms with E-state index in [4.69, 9.17) is 8.37 Å². The fraction of sp³-hybridized carbons (Fsp3) is 0.455. The van der Waals surface area contributed by atoms with Gasteiger partial charge in [0.25, 0.3) is 20.2 Å². The predicted molar refractivity (Wildman–Crippen MR) is 116 cm³/mol. The Balaban J connectivity index is 2.26. The second-order valence-corrected chi connectivity index (χ2v) is 10.4. The number of rotatable bonds is 12. The molecule has 0 N–H and O–H groups in total. The van der Waals surface area contributed by atoms with E-state index in [0.717, 1.165) is 0 Å². The zero-order chi connectivity index (χ0) is 22.2. The molecular formula is C22H30O6S2. The molecule has 0 aliphatic heterocycles. The van der Waals surface area contributed by atoms with Gasteiger partial charge in [-0.25, -0.2) is 0 Å². The van der Waals surface area contributed by atoms with Crippen LogP contribution in [-0.4, -0.2) is 29.0 Å². The van der Waals surface area contributed by atoms with E-state index >= 15 is 0 Å². The second-order valence-electron chi connectivity index (χ2n) is 7.24. The smallest absolute Gasteiger partial charge is 0.263 e. The molecule has 0 amide bonds. The van der Waals surface area contributed by atoms with Gasteiger partial charge in [-0.2, -0.15) is 16.8 Å². The molecule has 0 aromatic heterocycles. The van der Waals surface area contributed by atoms with Crippen LogP contribution in [0.15, 0.2) is 70.5 Å². The maximum absolute atomic E-state index is 12.7. The van der Waals surface area contributed by atoms with Crippen LogP contribution >= 0.6 is 0 Å². The average Bonchev–Trinajstić information content (AvgIpc) is 2.73. The van der Waals surface area contributed by atoms with E-state index in [1.807, 2.05) is 13.8 Å². The van der Waals surface area contributed by atoms with Crippen LogP contribution in [0, 0.1) is 5.92 Å². The van der Waals surface area contributed by atoms with Crippen LogP contribution in [0.1, 0.15) is 46.5 Å². The Morgan fingerprint density at radius 2 is 1.00 bits per heavy atom. The Labute approximate surface area is 180 Å². The van der Waals surface area contributed by atoms with E-state index in [1.54, 1.807) is 43.3 Å². The first-order chi connectivity index (χ1) is 14.2. The highest BCUT2D eigenvalue weighted by atomic mass is 32.2. The lowest BCUT2D eigenvalue weighted by Gasteiger charge is -2.30. The van der Waals surface area contributed by atoms with Crippen molar-refractivity contribution in [2.24, 2.45) is 5.92 Å². The molecule has 2 unspecified atom stereocenters. The van der Waals surface area contributed by atoms with E-state index in [-0.39, 0.29) is 9.79 Å². The zero-order valence-electron chi connectivity index (χ0n) is 17.6. The molecule has 8 heteroatoms. The van der Waals surface area contributed by atoms with E-state index in [0.29, 0.717) is 25.7 Å². The fourth-order valence-corrected chi connectivity index (χ4v) is 5.61. The molecule has 2 rings (SSSR count). The summed E-state index contributed by atoms with van der Waals surface area (Å²) in [4.78, 5) is 0.145. The largest absolute Gasteiger partial charge is 0.297 e. The normalized spacial score (nSPS) is 15.4. The van der Waals surface area contributed by atoms with Crippen LogP contribution in [0.4, 0.5) is 0 Å². The molecule has 30 heavy (non-hydrogen) atoms. The highest BCUT2D eigenvalue weighted by molar-refractivity contribution is 7.87. The first kappa shape index (κ1) is 24.5. The summed E-state index contributed by atoms with van der Waals surface area (Å²) in [7, 11) is -7.95. The fourth-order valence-electron chi connectivity index (χ4n) is 3.22. The van der Waals surface area contributed by atoms with Gasteiger partial charge in [0.1, 0.15) is 0 Å². The van der Waals surface area contributed by atoms with Crippen LogP contribution in [-0.2, 0) is 28.6 Å². The third-order valence-electron chi connectivity index (χ3n) is 4.88. The highest BCUT2D eigenvalue weighted by Crippen LogP contribution is 2.28. The lowest BCUT2D eigenvalue weighted by molar-refractivity contribution is 0.0477. The first-order valence-corrected chi connectivity index (χ1v) is 13.0. The summed E-state index contributed by atoms with van der Waals surface area (Å²) in [5.74, 6) is -0.457. The summed E-state index contributed by atoms with van der Waals surface area (Å²) in [6, 6.07) is 15.9. The molecule has 0 bridgehead atoms. The molecule has 0 radical (unpaired) electrons. The van der Waals surface area contributed by atoms with Crippen molar-refractivity contribution < 1.29 is 25.2 Å². The van der Waals surface area contributed by atoms with Crippen molar-refractivity contribution >= 4 is 20.2 Å². The van der Waals surface area contributed by atoms with Crippen LogP contribution in [0.2, 0.25) is 0 Å². The van der Waals surface area contributed by atoms with Gasteiger partial charge in [-0.05, 0) is 37.1 Å². The van der Waals surface area contributed by atoms with Gasteiger partial charge >= 0.3 is 0 Å². The summed E-state index contributed by atoms with van der Waals surface area (Å²) in [5.41, 5.74) is 0. The maximum Gasteiger partial charge on any atom is 0.297 e. The monoisotopic (exact) mass is 454 g/mol. The van der Waals surface area contributed by atoms with Gasteiger partial charge in [-0.1, -0.05) is 70.0 Å². The molecule has 0 fully saturated rings. The Hall–Kier alpha value is -1.74. The van der Waals surface area contributed by atoms with E-state index in [1.165, 1.54) is 24.3 Å². The SMILES string of the molecule is CCCC(OS(=O)(=O)c1ccccc1)C(C)C(CCC)OS(=O)(=O)c1ccccc1. The number of hydrogen-bond donors (Lipinski definition) is 0. The minimum Gasteiger partial charge on any atom is -0.263 e. The standard InChI is InChI=1S/C22H30O6S2/c1-4-12-21(27-29(23,24)19-14-8-6-9-15-19)18(3)22(13-5-2)28-30(25,26)20-16-10-7-11-17-20/h6-11,14-18,21-22H,4-5,12-13H2,1-3H3. The molecule has 0 heterocycles. The van der Waals surface area contributed by atoms with Crippen molar-refractivity contribution in [1.82, 2.24) is 0 Å². The predicted octanol–water partition coefficient (Wildman–Crippen LogP) is 4.77. The molecule has 6 nitrogen and oxygen atoms in total. The molecule has 2 atom stereocenters. The zero-order valence-corrected chi connectivity index (χ0v) is 19.2. The van der Waals surface area contributed by atoms with E-state index in [2.05, 4.69) is 0 Å². The van der Waals surface area contributed by atoms with Crippen molar-refractivity contribution in [2.45, 2.75) is 68.5 Å². The molecule has 0 spiro atoms. The van der Waals surface area contributed by atoms with Crippen LogP contribution in [0.25, 0.3) is 0 Å². The average molecular weight is 455 g/mol. The summed E-state index contributed by atoms with van der Waals surface area (Å²) < 4.78 is 62.1. The molecular weight excluding hydrogens is 424 g/mol. The van der Waals surface area contributed by atoms with Gasteiger partial charge in [0.05, 0.1) is 22.0 Å². The number of hydrogen-bond acceptors (Lipinski definition) is 6. The quantitative estimate of drug-likeness (QED) is 0.429. The second kappa shape index (κ2) is 11.0. The van der Waals surface area contributed by atoms with Gasteiger partial charge in [-0.15, -0.1) is 0 Å². The minimum atomic E-state index is -3.98. The Morgan fingerprint density at radius 1 is 0.667 bits per heavy atom. The Kier molecular flexibility index (Phi) is 9.03. The van der Waals surface area contributed by atoms with Gasteiger partial charge in [0, 0.05) is 5.92 Å². The lowest BCUT2D eigenvalue weighted by atomic mass is 9.92. The molecule has 2 aromatic rings. The van der Waals surface area contributed by atoms with Gasteiger partial charge < -0.3 is 0 Å². The van der Waals surface area contributed by atoms with Crippen molar-refractivity contribution in [3.63, 3.8) is 0 Å². The first-order valence-electron chi connectivity index (χ1n) is 10.2. The summed E-state index contributed by atoms with van der Waals surface area (Å²) in [5, 5.41) is 0. The third kappa shape index (κ3) is 6.63. The summed E-state index contributed by atoms with van der Waals surface area (Å²) >= 11 is 0. The molecule has 0 saturated carbocycles. The van der Waals surface area contributed by atoms with E-state index in [9.17, 15) is 16.8 Å². The van der Waals surface area contributed by atoms with Crippen molar-refractivity contribution in [3.05, 3.63) is 60.7 Å². The molecule has 0 aliphatic carbocycles. The Bertz CT molecular complexity index is 891. The van der Waals surface area contributed by atoms with Crippen LogP contribution < -0.4 is 0 Å².